The molecule has 1 aliphatic carbocycles. The Bertz CT molecular complexity index is 3140. The van der Waals surface area contributed by atoms with Gasteiger partial charge in [-0.2, -0.15) is 18.0 Å². The lowest BCUT2D eigenvalue weighted by molar-refractivity contribution is -0.136. The van der Waals surface area contributed by atoms with Crippen LogP contribution in [0.1, 0.15) is 53.6 Å². The van der Waals surface area contributed by atoms with E-state index in [4.69, 9.17) is 4.74 Å². The molecule has 4 saturated heterocycles. The number of carbonyl (C=O) groups is 3. The van der Waals surface area contributed by atoms with Crippen molar-refractivity contribution in [3.63, 3.8) is 0 Å². The van der Waals surface area contributed by atoms with Crippen molar-refractivity contribution >= 4 is 55.9 Å². The molecule has 0 bridgehead atoms. The first-order chi connectivity index (χ1) is 33.2. The Morgan fingerprint density at radius 3 is 2.36 bits per heavy atom. The van der Waals surface area contributed by atoms with Gasteiger partial charge in [-0.15, -0.1) is 0 Å². The summed E-state index contributed by atoms with van der Waals surface area (Å²) in [4.78, 5) is 64.5. The molecule has 2 atom stereocenters. The number of halogens is 2. The van der Waals surface area contributed by atoms with Crippen LogP contribution in [0, 0.1) is 28.5 Å². The molecular formula is C49H48F2N10O7S. The highest BCUT2D eigenvalue weighted by molar-refractivity contribution is 7.90. The van der Waals surface area contributed by atoms with E-state index in [1.54, 1.807) is 11.0 Å². The Labute approximate surface area is 396 Å². The molecule has 17 nitrogen and oxygen atoms in total. The molecule has 1 saturated carbocycles. The van der Waals surface area contributed by atoms with Gasteiger partial charge in [0.15, 0.2) is 11.6 Å². The lowest BCUT2D eigenvalue weighted by atomic mass is 9.57. The van der Waals surface area contributed by atoms with E-state index in [2.05, 4.69) is 35.8 Å². The number of alkyl halides is 1. The van der Waals surface area contributed by atoms with Crippen LogP contribution >= 0.6 is 0 Å². The molecule has 5 fully saturated rings. The van der Waals surface area contributed by atoms with E-state index in [0.29, 0.717) is 41.1 Å². The normalized spacial score (nSPS) is 21.8. The molecule has 3 amide bonds. The minimum atomic E-state index is -4.24. The second-order valence-corrected chi connectivity index (χ2v) is 20.8. The molecular weight excluding hydrogens is 911 g/mol. The fourth-order valence-corrected chi connectivity index (χ4v) is 12.3. The number of hydrogen-bond donors (Lipinski definition) is 2. The van der Waals surface area contributed by atoms with E-state index >= 15 is 4.39 Å². The number of benzene rings is 4. The first-order valence-corrected chi connectivity index (χ1v) is 24.6. The first kappa shape index (κ1) is 44.5. The van der Waals surface area contributed by atoms with Crippen molar-refractivity contribution in [1.82, 2.24) is 29.0 Å². The summed E-state index contributed by atoms with van der Waals surface area (Å²) in [5.74, 6) is -1.66. The van der Waals surface area contributed by atoms with Crippen LogP contribution in [0.2, 0.25) is 0 Å². The van der Waals surface area contributed by atoms with E-state index in [1.807, 2.05) is 36.4 Å². The summed E-state index contributed by atoms with van der Waals surface area (Å²) in [5, 5.41) is 12.5. The van der Waals surface area contributed by atoms with Gasteiger partial charge in [0, 0.05) is 94.2 Å². The summed E-state index contributed by atoms with van der Waals surface area (Å²) < 4.78 is 65.2. The fourth-order valence-electron chi connectivity index (χ4n) is 11.1. The zero-order valence-electron chi connectivity index (χ0n) is 37.4. The maximum absolute atomic E-state index is 15.2. The van der Waals surface area contributed by atoms with Crippen molar-refractivity contribution in [3.05, 3.63) is 112 Å². The molecule has 356 valence electrons. The van der Waals surface area contributed by atoms with Gasteiger partial charge in [-0.1, -0.05) is 0 Å². The number of ether oxygens (including phenoxy) is 1. The summed E-state index contributed by atoms with van der Waals surface area (Å²) in [6, 6.07) is 21.3. The maximum Gasteiger partial charge on any atom is 0.301 e. The van der Waals surface area contributed by atoms with Gasteiger partial charge in [0.1, 0.15) is 35.9 Å². The van der Waals surface area contributed by atoms with Crippen LogP contribution in [0.15, 0.2) is 83.9 Å². The second kappa shape index (κ2) is 17.2. The van der Waals surface area contributed by atoms with E-state index < -0.39 is 51.0 Å². The van der Waals surface area contributed by atoms with Crippen LogP contribution in [0.25, 0.3) is 16.6 Å². The molecule has 2 N–H and O–H groups in total. The number of carbonyl (C=O) groups excluding carboxylic acids is 3. The zero-order valence-corrected chi connectivity index (χ0v) is 38.3. The van der Waals surface area contributed by atoms with Gasteiger partial charge in [0.25, 0.3) is 11.5 Å². The maximum atomic E-state index is 15.2. The SMILES string of the molecule is N#Cc1c(NS(=O)(=O)N2CCC(F)C2)ccc(F)c1Oc1ccc2ncn(-c3ccc(N4CCN(CC5CC6(C5)CN(c5ccc7c(c5)CN([C@H]5CCC(=O)NC5=O)C7=O)C6)CC4)cc3)c(=O)c2c1. The van der Waals surface area contributed by atoms with Crippen molar-refractivity contribution < 1.29 is 36.3 Å². The Kier molecular flexibility index (Phi) is 11.1. The highest BCUT2D eigenvalue weighted by Gasteiger charge is 2.52. The molecule has 5 aliphatic heterocycles. The van der Waals surface area contributed by atoms with Gasteiger partial charge in [0.05, 0.1) is 22.3 Å². The van der Waals surface area contributed by atoms with Crippen molar-refractivity contribution in [2.45, 2.75) is 50.9 Å². The largest absolute Gasteiger partial charge is 0.453 e. The van der Waals surface area contributed by atoms with Crippen molar-refractivity contribution in [3.8, 4) is 23.3 Å². The van der Waals surface area contributed by atoms with Gasteiger partial charge in [-0.05, 0) is 110 Å². The van der Waals surface area contributed by atoms with Gasteiger partial charge in [-0.3, -0.25) is 38.7 Å². The van der Waals surface area contributed by atoms with E-state index in [0.717, 1.165) is 79.2 Å². The van der Waals surface area contributed by atoms with Crippen LogP contribution in [0.5, 0.6) is 11.5 Å². The molecule has 69 heavy (non-hydrogen) atoms. The minimum absolute atomic E-state index is 0.0189. The third-order valence-electron chi connectivity index (χ3n) is 14.6. The molecule has 6 aliphatic rings. The average molecular weight is 959 g/mol. The van der Waals surface area contributed by atoms with Gasteiger partial charge < -0.3 is 19.4 Å². The molecule has 6 heterocycles. The van der Waals surface area contributed by atoms with Gasteiger partial charge in [0.2, 0.25) is 11.8 Å². The number of nitrogens with one attached hydrogen (secondary N) is 2. The smallest absolute Gasteiger partial charge is 0.301 e. The third kappa shape index (κ3) is 8.31. The van der Waals surface area contributed by atoms with Crippen molar-refractivity contribution in [1.29, 1.82) is 5.26 Å². The number of piperidine rings is 1. The topological polar surface area (TPSA) is 194 Å². The number of anilines is 3. The quantitative estimate of drug-likeness (QED) is 0.174. The second-order valence-electron chi connectivity index (χ2n) is 19.1. The molecule has 1 spiro atoms. The molecule has 5 aromatic rings. The standard InChI is InChI=1S/C49H48F2N10O7S/c50-32-13-14-59(26-32)69(66,67)55-42-10-8-40(51)45(39(42)23-52)68-36-6-9-41-38(20-36)48(65)61(29-53-41)34-3-1-33(2-4-34)57-17-15-56(16-18-57)24-30-21-49(22-30)27-58(28-49)35-5-7-37-31(19-35)25-60(47(37)64)43-11-12-44(62)54-46(43)63/h1-10,19-20,29-30,32,43,55H,11-18,21-22,24-28H2,(H,54,62,63)/t32?,43-/m0/s1. The number of rotatable bonds is 11. The molecule has 1 aromatic heterocycles. The van der Waals surface area contributed by atoms with Crippen LogP contribution in [0.4, 0.5) is 25.8 Å². The third-order valence-corrected chi connectivity index (χ3v) is 16.1. The average Bonchev–Trinajstić information content (AvgIpc) is 3.91. The number of nitrogens with zero attached hydrogens (tertiary/aromatic N) is 8. The van der Waals surface area contributed by atoms with Gasteiger partial charge >= 0.3 is 10.2 Å². The van der Waals surface area contributed by atoms with Crippen LogP contribution in [-0.2, 0) is 26.3 Å². The van der Waals surface area contributed by atoms with Crippen LogP contribution < -0.4 is 30.1 Å². The van der Waals surface area contributed by atoms with Crippen LogP contribution in [0.3, 0.4) is 0 Å². The lowest BCUT2D eigenvalue weighted by Gasteiger charge is -2.60. The zero-order chi connectivity index (χ0) is 47.8. The number of hydrogen-bond acceptors (Lipinski definition) is 12. The molecule has 11 rings (SSSR count). The molecule has 1 unspecified atom stereocenters. The van der Waals surface area contributed by atoms with Crippen molar-refractivity contribution in [2.24, 2.45) is 11.3 Å². The lowest BCUT2D eigenvalue weighted by Crippen LogP contribution is -2.64. The molecule has 4 aromatic carbocycles. The first-order valence-electron chi connectivity index (χ1n) is 23.2. The summed E-state index contributed by atoms with van der Waals surface area (Å²) in [5.41, 5.74) is 3.92. The van der Waals surface area contributed by atoms with E-state index in [1.165, 1.54) is 41.9 Å². The fraction of sp³-hybridized carbons (Fsp3) is 0.388. The number of amides is 3. The Balaban J connectivity index is 0.674. The molecule has 0 radical (unpaired) electrons. The number of fused-ring (bicyclic) bond motifs is 2. The summed E-state index contributed by atoms with van der Waals surface area (Å²) in [7, 11) is -4.24. The number of piperazine rings is 1. The predicted octanol–water partition coefficient (Wildman–Crippen LogP) is 4.69. The number of imide groups is 1. The predicted molar refractivity (Wildman–Crippen MR) is 251 cm³/mol. The Morgan fingerprint density at radius 1 is 0.884 bits per heavy atom. The Morgan fingerprint density at radius 2 is 1.64 bits per heavy atom. The summed E-state index contributed by atoms with van der Waals surface area (Å²) in [6.07, 6.45) is 3.14. The highest BCUT2D eigenvalue weighted by atomic mass is 32.2. The highest BCUT2D eigenvalue weighted by Crippen LogP contribution is 2.53. The van der Waals surface area contributed by atoms with Gasteiger partial charge in [-0.25, -0.2) is 13.8 Å². The molecule has 20 heteroatoms. The Hall–Kier alpha value is -6.95. The van der Waals surface area contributed by atoms with Crippen LogP contribution in [-0.4, -0.2) is 121 Å². The summed E-state index contributed by atoms with van der Waals surface area (Å²) in [6.45, 7) is 6.69. The number of aromatic nitrogens is 2. The van der Waals surface area contributed by atoms with E-state index in [9.17, 15) is 37.2 Å². The number of nitriles is 1. The summed E-state index contributed by atoms with van der Waals surface area (Å²) >= 11 is 0. The van der Waals surface area contributed by atoms with Crippen molar-refractivity contribution in [2.75, 3.05) is 73.4 Å². The monoisotopic (exact) mass is 958 g/mol. The minimum Gasteiger partial charge on any atom is -0.453 e. The van der Waals surface area contributed by atoms with E-state index in [-0.39, 0.29) is 54.6 Å².